The lowest BCUT2D eigenvalue weighted by Crippen LogP contribution is -2.64. The lowest BCUT2D eigenvalue weighted by Gasteiger charge is -2.40. The average molecular weight is 385 g/mol. The molecule has 0 radical (unpaired) electrons. The summed E-state index contributed by atoms with van der Waals surface area (Å²) in [5.74, 6) is 1.44. The number of amides is 3. The number of carbonyl (C=O) groups is 2. The van der Waals surface area contributed by atoms with Crippen molar-refractivity contribution in [2.45, 2.75) is 38.4 Å². The van der Waals surface area contributed by atoms with E-state index in [4.69, 9.17) is 9.73 Å². The van der Waals surface area contributed by atoms with Crippen LogP contribution in [0, 0.1) is 0 Å². The zero-order valence-corrected chi connectivity index (χ0v) is 16.7. The minimum Gasteiger partial charge on any atom is -0.497 e. The van der Waals surface area contributed by atoms with E-state index >= 15 is 0 Å². The van der Waals surface area contributed by atoms with Crippen molar-refractivity contribution in [1.82, 2.24) is 14.7 Å². The molecule has 1 aromatic carbocycles. The monoisotopic (exact) mass is 385 g/mol. The number of benzene rings is 1. The third kappa shape index (κ3) is 2.87. The molecule has 8 heteroatoms. The summed E-state index contributed by atoms with van der Waals surface area (Å²) in [5.41, 5.74) is 1.00. The van der Waals surface area contributed by atoms with Gasteiger partial charge in [-0.3, -0.25) is 9.69 Å². The van der Waals surface area contributed by atoms with E-state index in [1.807, 2.05) is 29.2 Å². The molecule has 1 aromatic rings. The van der Waals surface area contributed by atoms with Crippen molar-refractivity contribution in [2.24, 2.45) is 4.99 Å². The molecule has 2 saturated heterocycles. The summed E-state index contributed by atoms with van der Waals surface area (Å²) in [6.07, 6.45) is 2.43. The quantitative estimate of drug-likeness (QED) is 0.701. The first-order valence-corrected chi connectivity index (χ1v) is 9.91. The summed E-state index contributed by atoms with van der Waals surface area (Å²) in [4.78, 5) is 37.8. The number of unbranched alkanes of at least 4 members (excludes halogenated alkanes) is 2. The molecule has 3 heterocycles. The number of guanidine groups is 1. The maximum Gasteiger partial charge on any atom is 0.328 e. The highest BCUT2D eigenvalue weighted by Crippen LogP contribution is 2.33. The fourth-order valence-corrected chi connectivity index (χ4v) is 4.17. The highest BCUT2D eigenvalue weighted by Gasteiger charge is 2.54. The summed E-state index contributed by atoms with van der Waals surface area (Å²) >= 11 is 0. The number of methoxy groups -OCH3 is 1. The van der Waals surface area contributed by atoms with Gasteiger partial charge in [-0.05, 0) is 30.7 Å². The Morgan fingerprint density at radius 1 is 1.14 bits per heavy atom. The highest BCUT2D eigenvalue weighted by atomic mass is 16.5. The van der Waals surface area contributed by atoms with E-state index in [1.54, 1.807) is 19.1 Å². The second-order valence-electron chi connectivity index (χ2n) is 7.42. The maximum absolute atomic E-state index is 13.2. The van der Waals surface area contributed by atoms with Crippen molar-refractivity contribution < 1.29 is 14.3 Å². The maximum atomic E-state index is 13.2. The molecule has 2 unspecified atom stereocenters. The van der Waals surface area contributed by atoms with E-state index in [0.29, 0.717) is 13.1 Å². The Bertz CT molecular complexity index is 794. The highest BCUT2D eigenvalue weighted by molar-refractivity contribution is 6.07. The lowest BCUT2D eigenvalue weighted by atomic mass is 10.1. The molecule has 4 rings (SSSR count). The van der Waals surface area contributed by atoms with Gasteiger partial charge >= 0.3 is 6.03 Å². The molecular weight excluding hydrogens is 358 g/mol. The molecule has 0 spiro atoms. The van der Waals surface area contributed by atoms with Gasteiger partial charge in [-0.1, -0.05) is 19.8 Å². The minimum atomic E-state index is -0.460. The van der Waals surface area contributed by atoms with E-state index in [1.165, 1.54) is 4.90 Å². The van der Waals surface area contributed by atoms with Crippen molar-refractivity contribution in [3.63, 3.8) is 0 Å². The molecule has 0 bridgehead atoms. The van der Waals surface area contributed by atoms with Gasteiger partial charge in [0.05, 0.1) is 7.11 Å². The number of anilines is 1. The number of nitrogens with zero attached hydrogens (tertiary/aromatic N) is 5. The second-order valence-corrected chi connectivity index (χ2v) is 7.42. The molecule has 0 aliphatic carbocycles. The molecule has 0 saturated carbocycles. The topological polar surface area (TPSA) is 68.7 Å². The number of imide groups is 1. The summed E-state index contributed by atoms with van der Waals surface area (Å²) in [6.45, 7) is 4.05. The van der Waals surface area contributed by atoms with E-state index in [2.05, 4.69) is 11.8 Å². The second kappa shape index (κ2) is 7.33. The van der Waals surface area contributed by atoms with Crippen LogP contribution in [0.3, 0.4) is 0 Å². The normalized spacial score (nSPS) is 23.9. The van der Waals surface area contributed by atoms with E-state index in [0.717, 1.165) is 43.2 Å². The van der Waals surface area contributed by atoms with Crippen molar-refractivity contribution in [1.29, 1.82) is 0 Å². The first-order valence-electron chi connectivity index (χ1n) is 9.91. The van der Waals surface area contributed by atoms with Crippen molar-refractivity contribution in [3.8, 4) is 5.75 Å². The molecule has 28 heavy (non-hydrogen) atoms. The number of urea groups is 1. The number of hydrogen-bond donors (Lipinski definition) is 0. The Labute approximate surface area is 165 Å². The summed E-state index contributed by atoms with van der Waals surface area (Å²) < 4.78 is 5.23. The third-order valence-electron chi connectivity index (χ3n) is 5.75. The van der Waals surface area contributed by atoms with Crippen LogP contribution in [0.15, 0.2) is 29.3 Å². The van der Waals surface area contributed by atoms with Gasteiger partial charge in [-0.15, -0.1) is 0 Å². The first-order chi connectivity index (χ1) is 13.6. The fraction of sp³-hybridized carbons (Fsp3) is 0.550. The van der Waals surface area contributed by atoms with Gasteiger partial charge in [0.1, 0.15) is 5.75 Å². The van der Waals surface area contributed by atoms with Gasteiger partial charge in [-0.2, -0.15) is 0 Å². The fourth-order valence-electron chi connectivity index (χ4n) is 4.17. The average Bonchev–Trinajstić information content (AvgIpc) is 3.28. The molecule has 2 atom stereocenters. The predicted octanol–water partition coefficient (Wildman–Crippen LogP) is 1.97. The van der Waals surface area contributed by atoms with Crippen LogP contribution in [0.25, 0.3) is 0 Å². The third-order valence-corrected chi connectivity index (χ3v) is 5.75. The number of ether oxygens (including phenoxy) is 1. The van der Waals surface area contributed by atoms with Crippen molar-refractivity contribution in [3.05, 3.63) is 24.3 Å². The smallest absolute Gasteiger partial charge is 0.328 e. The molecule has 8 nitrogen and oxygen atoms in total. The number of likely N-dealkylation sites (N-methyl/N-ethyl adjacent to an activating group) is 1. The van der Waals surface area contributed by atoms with E-state index < -0.39 is 12.2 Å². The molecule has 3 aliphatic heterocycles. The minimum absolute atomic E-state index is 0.125. The van der Waals surface area contributed by atoms with Crippen LogP contribution < -0.4 is 9.64 Å². The largest absolute Gasteiger partial charge is 0.497 e. The Morgan fingerprint density at radius 2 is 1.89 bits per heavy atom. The van der Waals surface area contributed by atoms with Crippen LogP contribution >= 0.6 is 0 Å². The standard InChI is InChI=1S/C20H27N5O3/c1-4-5-6-11-25-18(26)16-17(22(2)20(25)27)21-19-23(12-13-24(16)19)14-7-9-15(28-3)10-8-14/h7-10,16-17H,4-6,11-13H2,1-3H3. The molecule has 2 fully saturated rings. The zero-order valence-electron chi connectivity index (χ0n) is 16.7. The Hall–Kier alpha value is -2.77. The molecule has 0 aromatic heterocycles. The zero-order chi connectivity index (χ0) is 19.8. The van der Waals surface area contributed by atoms with Crippen LogP contribution in [-0.4, -0.2) is 78.6 Å². The van der Waals surface area contributed by atoms with Crippen molar-refractivity contribution in [2.75, 3.05) is 38.7 Å². The van der Waals surface area contributed by atoms with Gasteiger partial charge in [0, 0.05) is 32.4 Å². The Kier molecular flexibility index (Phi) is 4.87. The SMILES string of the molecule is CCCCCN1C(=O)C2C(N=C3N(c4ccc(OC)cc4)CCN32)N(C)C1=O. The number of fused-ring (bicyclic) bond motifs is 3. The van der Waals surface area contributed by atoms with Crippen LogP contribution in [0.2, 0.25) is 0 Å². The number of hydrogen-bond acceptors (Lipinski definition) is 6. The molecule has 3 amide bonds. The Balaban J connectivity index is 1.57. The molecular formula is C20H27N5O3. The van der Waals surface area contributed by atoms with E-state index in [-0.39, 0.29) is 11.9 Å². The van der Waals surface area contributed by atoms with Gasteiger partial charge in [0.25, 0.3) is 5.91 Å². The van der Waals surface area contributed by atoms with Gasteiger partial charge in [0.15, 0.2) is 12.2 Å². The lowest BCUT2D eigenvalue weighted by molar-refractivity contribution is -0.137. The van der Waals surface area contributed by atoms with E-state index in [9.17, 15) is 9.59 Å². The predicted molar refractivity (Wildman–Crippen MR) is 106 cm³/mol. The summed E-state index contributed by atoms with van der Waals surface area (Å²) in [5, 5.41) is 0. The van der Waals surface area contributed by atoms with Gasteiger partial charge in [0.2, 0.25) is 5.96 Å². The van der Waals surface area contributed by atoms with Gasteiger partial charge < -0.3 is 19.4 Å². The van der Waals surface area contributed by atoms with Gasteiger partial charge in [-0.25, -0.2) is 9.79 Å². The van der Waals surface area contributed by atoms with Crippen molar-refractivity contribution >= 4 is 23.6 Å². The number of aliphatic imine (C=N–C) groups is 1. The summed E-state index contributed by atoms with van der Waals surface area (Å²) in [7, 11) is 3.38. The Morgan fingerprint density at radius 3 is 2.57 bits per heavy atom. The number of carbonyl (C=O) groups excluding carboxylic acids is 2. The summed E-state index contributed by atoms with van der Waals surface area (Å²) in [6, 6.07) is 7.13. The molecule has 3 aliphatic rings. The first kappa shape index (κ1) is 18.6. The number of rotatable bonds is 6. The van der Waals surface area contributed by atoms with Crippen LogP contribution in [0.4, 0.5) is 10.5 Å². The van der Waals surface area contributed by atoms with Crippen LogP contribution in [0.5, 0.6) is 5.75 Å². The molecule has 150 valence electrons. The molecule has 0 N–H and O–H groups in total. The van der Waals surface area contributed by atoms with Crippen LogP contribution in [0.1, 0.15) is 26.2 Å². The van der Waals surface area contributed by atoms with Crippen LogP contribution in [-0.2, 0) is 4.79 Å².